The lowest BCUT2D eigenvalue weighted by atomic mass is 10.2. The van der Waals surface area contributed by atoms with Gasteiger partial charge in [0.05, 0.1) is 17.4 Å². The van der Waals surface area contributed by atoms with Crippen molar-refractivity contribution in [1.82, 2.24) is 39.4 Å². The topological polar surface area (TPSA) is 228 Å². The van der Waals surface area contributed by atoms with Crippen LogP contribution in [0.5, 0.6) is 0 Å². The highest BCUT2D eigenvalue weighted by atomic mass is 32.3. The van der Waals surface area contributed by atoms with Gasteiger partial charge in [0.15, 0.2) is 5.65 Å². The Hall–Kier alpha value is -3.46. The zero-order chi connectivity index (χ0) is 26.7. The van der Waals surface area contributed by atoms with E-state index in [1.807, 2.05) is 55.4 Å². The Morgan fingerprint density at radius 1 is 0.833 bits per heavy atom. The Labute approximate surface area is 207 Å². The fraction of sp³-hybridized carbons (Fsp3) is 0.118. The molecule has 16 nitrogen and oxygen atoms in total. The second-order valence-corrected chi connectivity index (χ2v) is 9.73. The summed E-state index contributed by atoms with van der Waals surface area (Å²) in [5.41, 5.74) is 3.47. The highest BCUT2D eigenvalue weighted by Crippen LogP contribution is 2.29. The first-order chi connectivity index (χ1) is 16.7. The summed E-state index contributed by atoms with van der Waals surface area (Å²) in [4.78, 5) is 1.06. The fourth-order valence-electron chi connectivity index (χ4n) is 2.84. The third-order valence-corrected chi connectivity index (χ3v) is 4.96. The van der Waals surface area contributed by atoms with Crippen molar-refractivity contribution < 1.29 is 35.0 Å². The average molecular weight is 559 g/mol. The minimum atomic E-state index is -4.67. The first-order valence-electron chi connectivity index (χ1n) is 9.38. The fourth-order valence-corrected chi connectivity index (χ4v) is 3.67. The predicted octanol–water partition coefficient (Wildman–Crippen LogP) is 1.26. The lowest BCUT2D eigenvalue weighted by Gasteiger charge is -2.01. The van der Waals surface area contributed by atoms with Crippen LogP contribution in [-0.2, 0) is 34.9 Å². The summed E-state index contributed by atoms with van der Waals surface area (Å²) in [6.07, 6.45) is 5.73. The van der Waals surface area contributed by atoms with Crippen LogP contribution in [0.15, 0.2) is 59.0 Å². The summed E-state index contributed by atoms with van der Waals surface area (Å²) in [6.45, 7) is 0. The lowest BCUT2D eigenvalue weighted by molar-refractivity contribution is 0.378. The second-order valence-electron chi connectivity index (χ2n) is 6.89. The quantitative estimate of drug-likeness (QED) is 0.229. The second kappa shape index (κ2) is 10.7. The zero-order valence-electron chi connectivity index (χ0n) is 18.3. The van der Waals surface area contributed by atoms with Crippen LogP contribution >= 0.6 is 11.8 Å². The normalized spacial score (nSPS) is 11.6. The molecule has 5 rings (SSSR count). The van der Waals surface area contributed by atoms with Gasteiger partial charge in [0, 0.05) is 42.3 Å². The van der Waals surface area contributed by atoms with Crippen molar-refractivity contribution in [2.45, 2.75) is 10.1 Å². The first kappa shape index (κ1) is 27.1. The van der Waals surface area contributed by atoms with Crippen molar-refractivity contribution >= 4 is 49.1 Å². The summed E-state index contributed by atoms with van der Waals surface area (Å²) in [6, 6.07) is 9.98. The van der Waals surface area contributed by atoms with Crippen LogP contribution in [0.1, 0.15) is 0 Å². The number of nitrogens with zero attached hydrogens (tertiary/aromatic N) is 8. The maximum absolute atomic E-state index is 8.74. The minimum absolute atomic E-state index is 0.711. The molecule has 0 bridgehead atoms. The summed E-state index contributed by atoms with van der Waals surface area (Å²) < 4.78 is 68.5. The molecule has 0 radical (unpaired) electrons. The number of aromatic nitrogens is 8. The molecule has 0 aliphatic rings. The van der Waals surface area contributed by atoms with E-state index in [0.717, 1.165) is 27.1 Å². The Balaban J connectivity index is 0.000000310. The Bertz CT molecular complexity index is 1680. The van der Waals surface area contributed by atoms with Crippen molar-refractivity contribution in [2.24, 2.45) is 14.1 Å². The number of hydrogen-bond donors (Lipinski definition) is 4. The van der Waals surface area contributed by atoms with Gasteiger partial charge in [-0.3, -0.25) is 27.6 Å². The molecule has 0 saturated heterocycles. The van der Waals surface area contributed by atoms with Gasteiger partial charge in [0.1, 0.15) is 0 Å². The molecule has 0 unspecified atom stereocenters. The van der Waals surface area contributed by atoms with Gasteiger partial charge >= 0.3 is 20.8 Å². The van der Waals surface area contributed by atoms with Gasteiger partial charge in [-0.05, 0) is 42.1 Å². The Morgan fingerprint density at radius 3 is 2.11 bits per heavy atom. The van der Waals surface area contributed by atoms with Gasteiger partial charge in [0.25, 0.3) is 0 Å². The van der Waals surface area contributed by atoms with Gasteiger partial charge in [-0.1, -0.05) is 0 Å². The highest BCUT2D eigenvalue weighted by molar-refractivity contribution is 7.99. The maximum Gasteiger partial charge on any atom is 0.394 e. The van der Waals surface area contributed by atoms with Crippen LogP contribution in [0.3, 0.4) is 0 Å². The molecule has 4 heterocycles. The van der Waals surface area contributed by atoms with Crippen molar-refractivity contribution in [1.29, 1.82) is 0 Å². The molecule has 0 saturated carbocycles. The molecule has 0 spiro atoms. The summed E-state index contributed by atoms with van der Waals surface area (Å²) in [5.74, 6) is 0. The summed E-state index contributed by atoms with van der Waals surface area (Å²) in [5, 5.41) is 23.6. The van der Waals surface area contributed by atoms with E-state index >= 15 is 0 Å². The molecular formula is C17H18N8O8S3. The molecule has 0 aliphatic heterocycles. The number of rotatable bonds is 3. The number of aryl methyl sites for hydroxylation is 2. The molecule has 0 fully saturated rings. The van der Waals surface area contributed by atoms with Gasteiger partial charge in [-0.2, -0.15) is 36.6 Å². The van der Waals surface area contributed by atoms with Gasteiger partial charge in [-0.15, -0.1) is 10.2 Å². The SMILES string of the molecule is Cn1cc(-c2ccc3nnc(Sc4ccc5nn(C)cc5c4)n3n2)cn1.O=S(=O)(O)O.O=S(=O)(O)O. The van der Waals surface area contributed by atoms with Crippen molar-refractivity contribution in [3.8, 4) is 11.3 Å². The van der Waals surface area contributed by atoms with E-state index in [-0.39, 0.29) is 0 Å². The number of hydrogen-bond acceptors (Lipinski definition) is 10. The Kier molecular flexibility index (Phi) is 8.03. The molecule has 5 aromatic rings. The smallest absolute Gasteiger partial charge is 0.275 e. The minimum Gasteiger partial charge on any atom is -0.275 e. The van der Waals surface area contributed by atoms with Crippen LogP contribution < -0.4 is 0 Å². The van der Waals surface area contributed by atoms with E-state index in [0.29, 0.717) is 10.8 Å². The number of benzene rings is 1. The Morgan fingerprint density at radius 2 is 1.50 bits per heavy atom. The molecule has 36 heavy (non-hydrogen) atoms. The largest absolute Gasteiger partial charge is 0.394 e. The van der Waals surface area contributed by atoms with Crippen LogP contribution in [0.4, 0.5) is 0 Å². The summed E-state index contributed by atoms with van der Waals surface area (Å²) in [7, 11) is -5.53. The van der Waals surface area contributed by atoms with Gasteiger partial charge < -0.3 is 0 Å². The van der Waals surface area contributed by atoms with E-state index in [9.17, 15) is 0 Å². The molecule has 0 amide bonds. The molecule has 0 atom stereocenters. The molecule has 192 valence electrons. The average Bonchev–Trinajstić information content (AvgIpc) is 3.43. The molecule has 19 heteroatoms. The predicted molar refractivity (Wildman–Crippen MR) is 126 cm³/mol. The highest BCUT2D eigenvalue weighted by Gasteiger charge is 2.12. The van der Waals surface area contributed by atoms with Crippen LogP contribution in [0.2, 0.25) is 0 Å². The molecule has 4 N–H and O–H groups in total. The third-order valence-electron chi connectivity index (χ3n) is 4.03. The van der Waals surface area contributed by atoms with Crippen LogP contribution in [0, 0.1) is 0 Å². The third kappa shape index (κ3) is 8.34. The van der Waals surface area contributed by atoms with E-state index in [1.54, 1.807) is 15.4 Å². The molecule has 0 aliphatic carbocycles. The van der Waals surface area contributed by atoms with Crippen molar-refractivity contribution in [3.05, 3.63) is 48.9 Å². The van der Waals surface area contributed by atoms with Crippen molar-refractivity contribution in [3.63, 3.8) is 0 Å². The standard InChI is InChI=1S/C17H14N8S.2H2O4S/c1-23-10-12(8-18-23)15-5-6-16-19-20-17(25(16)22-15)26-13-3-4-14-11(7-13)9-24(2)21-14;2*1-5(2,3)4/h3-10H,1-2H3;2*(H2,1,2,3,4). The zero-order valence-corrected chi connectivity index (χ0v) is 20.8. The van der Waals surface area contributed by atoms with E-state index in [1.165, 1.54) is 11.8 Å². The van der Waals surface area contributed by atoms with Crippen LogP contribution in [0.25, 0.3) is 27.8 Å². The van der Waals surface area contributed by atoms with Gasteiger partial charge in [-0.25, -0.2) is 0 Å². The van der Waals surface area contributed by atoms with E-state index in [2.05, 4.69) is 31.6 Å². The maximum atomic E-state index is 8.74. The summed E-state index contributed by atoms with van der Waals surface area (Å²) >= 11 is 1.53. The van der Waals surface area contributed by atoms with E-state index < -0.39 is 20.8 Å². The molecule has 4 aromatic heterocycles. The van der Waals surface area contributed by atoms with Crippen LogP contribution in [-0.4, -0.2) is 74.4 Å². The number of fused-ring (bicyclic) bond motifs is 2. The lowest BCUT2D eigenvalue weighted by Crippen LogP contribution is -1.95. The van der Waals surface area contributed by atoms with Gasteiger partial charge in [0.2, 0.25) is 5.16 Å². The molecular weight excluding hydrogens is 540 g/mol. The van der Waals surface area contributed by atoms with Crippen molar-refractivity contribution in [2.75, 3.05) is 0 Å². The van der Waals surface area contributed by atoms with E-state index in [4.69, 9.17) is 35.0 Å². The first-order valence-corrected chi connectivity index (χ1v) is 13.0. The monoisotopic (exact) mass is 558 g/mol. The molecule has 1 aromatic carbocycles.